The molecule has 5 heteroatoms. The predicted molar refractivity (Wildman–Crippen MR) is 58.9 cm³/mol. The van der Waals surface area contributed by atoms with Crippen molar-refractivity contribution in [1.29, 1.82) is 0 Å². The van der Waals surface area contributed by atoms with E-state index in [4.69, 9.17) is 10.5 Å². The predicted octanol–water partition coefficient (Wildman–Crippen LogP) is 0.459. The maximum atomic E-state index is 11.9. The molecule has 0 aromatic carbocycles. The van der Waals surface area contributed by atoms with Crippen molar-refractivity contribution < 1.29 is 14.6 Å². The van der Waals surface area contributed by atoms with Gasteiger partial charge in [0.15, 0.2) is 0 Å². The van der Waals surface area contributed by atoms with Gasteiger partial charge in [-0.2, -0.15) is 0 Å². The van der Waals surface area contributed by atoms with Crippen LogP contribution in [0.3, 0.4) is 0 Å². The molecular formula is C11H20N2O3. The Morgan fingerprint density at radius 2 is 2.06 bits per heavy atom. The second-order valence-corrected chi connectivity index (χ2v) is 6.16. The molecule has 16 heavy (non-hydrogen) atoms. The maximum Gasteiger partial charge on any atom is 0.410 e. The van der Waals surface area contributed by atoms with Gasteiger partial charge >= 0.3 is 6.09 Å². The van der Waals surface area contributed by atoms with E-state index in [1.807, 2.05) is 20.8 Å². The molecule has 2 aliphatic heterocycles. The van der Waals surface area contributed by atoms with Crippen molar-refractivity contribution >= 4 is 6.09 Å². The first-order chi connectivity index (χ1) is 7.20. The van der Waals surface area contributed by atoms with Gasteiger partial charge in [0.25, 0.3) is 0 Å². The Morgan fingerprint density at radius 1 is 1.50 bits per heavy atom. The van der Waals surface area contributed by atoms with Crippen LogP contribution in [0.4, 0.5) is 4.79 Å². The average molecular weight is 228 g/mol. The first-order valence-corrected chi connectivity index (χ1v) is 5.60. The van der Waals surface area contributed by atoms with Crippen molar-refractivity contribution in [3.05, 3.63) is 0 Å². The highest BCUT2D eigenvalue weighted by molar-refractivity contribution is 5.71. The highest BCUT2D eigenvalue weighted by atomic mass is 16.6. The normalized spacial score (nSPS) is 37.2. The molecule has 0 aromatic heterocycles. The number of aliphatic hydroxyl groups is 1. The minimum atomic E-state index is -0.511. The number of rotatable bonds is 1. The Kier molecular flexibility index (Phi) is 2.27. The van der Waals surface area contributed by atoms with Crippen molar-refractivity contribution in [2.45, 2.75) is 50.3 Å². The number of fused-ring (bicyclic) bond motifs is 1. The monoisotopic (exact) mass is 228 g/mol. The van der Waals surface area contributed by atoms with Crippen molar-refractivity contribution in [1.82, 2.24) is 4.90 Å². The number of amides is 1. The van der Waals surface area contributed by atoms with Crippen LogP contribution in [0.2, 0.25) is 0 Å². The van der Waals surface area contributed by atoms with E-state index in [1.165, 1.54) is 0 Å². The van der Waals surface area contributed by atoms with Gasteiger partial charge in [-0.05, 0) is 33.6 Å². The largest absolute Gasteiger partial charge is 0.444 e. The molecule has 2 bridgehead atoms. The summed E-state index contributed by atoms with van der Waals surface area (Å²) in [6.45, 7) is 5.94. The lowest BCUT2D eigenvalue weighted by atomic mass is 9.69. The number of nitrogens with zero attached hydrogens (tertiary/aromatic N) is 1. The summed E-state index contributed by atoms with van der Waals surface area (Å²) in [5.74, 6) is 0. The topological polar surface area (TPSA) is 75.8 Å². The number of hydrogen-bond donors (Lipinski definition) is 2. The van der Waals surface area contributed by atoms with Crippen molar-refractivity contribution in [3.63, 3.8) is 0 Å². The molecule has 0 radical (unpaired) electrons. The quantitative estimate of drug-likeness (QED) is 0.683. The minimum absolute atomic E-state index is 0.0365. The summed E-state index contributed by atoms with van der Waals surface area (Å²) < 4.78 is 5.31. The van der Waals surface area contributed by atoms with E-state index in [9.17, 15) is 9.90 Å². The number of nitrogens with two attached hydrogens (primary N) is 1. The number of carbonyl (C=O) groups is 1. The Balaban J connectivity index is 2.08. The minimum Gasteiger partial charge on any atom is -0.444 e. The molecule has 2 heterocycles. The van der Waals surface area contributed by atoms with Gasteiger partial charge in [-0.1, -0.05) is 0 Å². The van der Waals surface area contributed by atoms with Gasteiger partial charge in [0.05, 0.1) is 12.1 Å². The molecule has 3 fully saturated rings. The summed E-state index contributed by atoms with van der Waals surface area (Å²) in [6.07, 6.45) is 0.984. The van der Waals surface area contributed by atoms with Crippen molar-refractivity contribution in [2.75, 3.05) is 13.2 Å². The summed E-state index contributed by atoms with van der Waals surface area (Å²) in [7, 11) is 0. The molecular weight excluding hydrogens is 208 g/mol. The van der Waals surface area contributed by atoms with Gasteiger partial charge in [0.1, 0.15) is 5.60 Å². The fourth-order valence-electron chi connectivity index (χ4n) is 2.82. The molecule has 0 atom stereocenters. The standard InChI is InChI=1S/C11H20N2O3/c1-9(2,3)16-8(15)13-6-10(12)4-11(13,5-10)7-14/h14H,4-7,12H2,1-3H3. The molecule has 2 saturated heterocycles. The highest BCUT2D eigenvalue weighted by Crippen LogP contribution is 2.51. The van der Waals surface area contributed by atoms with Crippen LogP contribution in [0.15, 0.2) is 0 Å². The Bertz CT molecular complexity index is 316. The molecule has 1 amide bonds. The van der Waals surface area contributed by atoms with E-state index in [-0.39, 0.29) is 18.2 Å². The molecule has 3 rings (SSSR count). The molecule has 92 valence electrons. The fraction of sp³-hybridized carbons (Fsp3) is 0.909. The first-order valence-electron chi connectivity index (χ1n) is 5.60. The molecule has 0 aromatic rings. The number of aliphatic hydroxyl groups excluding tert-OH is 1. The molecule has 0 spiro atoms. The van der Waals surface area contributed by atoms with Gasteiger partial charge in [-0.25, -0.2) is 4.79 Å². The lowest BCUT2D eigenvalue weighted by molar-refractivity contribution is -0.0110. The Hall–Kier alpha value is -0.810. The molecule has 1 saturated carbocycles. The molecule has 3 aliphatic rings. The van der Waals surface area contributed by atoms with E-state index in [0.29, 0.717) is 19.4 Å². The molecule has 0 unspecified atom stereocenters. The van der Waals surface area contributed by atoms with E-state index < -0.39 is 11.1 Å². The molecule has 3 N–H and O–H groups in total. The van der Waals surface area contributed by atoms with Crippen LogP contribution in [0.5, 0.6) is 0 Å². The van der Waals surface area contributed by atoms with E-state index >= 15 is 0 Å². The molecule has 5 nitrogen and oxygen atoms in total. The zero-order chi connectivity index (χ0) is 12.2. The van der Waals surface area contributed by atoms with Crippen molar-refractivity contribution in [2.24, 2.45) is 5.73 Å². The highest BCUT2D eigenvalue weighted by Gasteiger charge is 2.65. The molecule has 1 aliphatic carbocycles. The van der Waals surface area contributed by atoms with Crippen LogP contribution in [-0.4, -0.2) is 45.9 Å². The number of hydrogen-bond acceptors (Lipinski definition) is 4. The summed E-state index contributed by atoms with van der Waals surface area (Å²) >= 11 is 0. The van der Waals surface area contributed by atoms with Crippen LogP contribution in [0.1, 0.15) is 33.6 Å². The maximum absolute atomic E-state index is 11.9. The van der Waals surface area contributed by atoms with Gasteiger partial charge < -0.3 is 15.6 Å². The third-order valence-corrected chi connectivity index (χ3v) is 3.32. The second kappa shape index (κ2) is 3.11. The third kappa shape index (κ3) is 1.68. The second-order valence-electron chi connectivity index (χ2n) is 6.16. The number of ether oxygens (including phenoxy) is 1. The van der Waals surface area contributed by atoms with E-state index in [2.05, 4.69) is 0 Å². The van der Waals surface area contributed by atoms with Gasteiger partial charge in [-0.3, -0.25) is 4.90 Å². The van der Waals surface area contributed by atoms with Crippen LogP contribution in [0, 0.1) is 0 Å². The van der Waals surface area contributed by atoms with Crippen LogP contribution in [0.25, 0.3) is 0 Å². The van der Waals surface area contributed by atoms with E-state index in [0.717, 1.165) is 0 Å². The van der Waals surface area contributed by atoms with Gasteiger partial charge in [0.2, 0.25) is 0 Å². The van der Waals surface area contributed by atoms with Crippen molar-refractivity contribution in [3.8, 4) is 0 Å². The average Bonchev–Trinajstić information content (AvgIpc) is 2.50. The lowest BCUT2D eigenvalue weighted by Crippen LogP contribution is -2.59. The van der Waals surface area contributed by atoms with E-state index in [1.54, 1.807) is 4.90 Å². The SMILES string of the molecule is CC(C)(C)OC(=O)N1CC2(N)CC1(CO)C2. The Morgan fingerprint density at radius 3 is 2.50 bits per heavy atom. The zero-order valence-corrected chi connectivity index (χ0v) is 10.1. The summed E-state index contributed by atoms with van der Waals surface area (Å²) in [4.78, 5) is 13.5. The Labute approximate surface area is 95.5 Å². The van der Waals surface area contributed by atoms with Crippen LogP contribution in [-0.2, 0) is 4.74 Å². The fourth-order valence-corrected chi connectivity index (χ4v) is 2.82. The first kappa shape index (κ1) is 11.7. The lowest BCUT2D eigenvalue weighted by Gasteiger charge is -2.44. The summed E-state index contributed by atoms with van der Waals surface area (Å²) in [5, 5.41) is 9.39. The third-order valence-electron chi connectivity index (χ3n) is 3.32. The summed E-state index contributed by atoms with van der Waals surface area (Å²) in [5.41, 5.74) is 4.76. The zero-order valence-electron chi connectivity index (χ0n) is 10.1. The smallest absolute Gasteiger partial charge is 0.410 e. The van der Waals surface area contributed by atoms with Gasteiger partial charge in [0, 0.05) is 12.1 Å². The van der Waals surface area contributed by atoms with Gasteiger partial charge in [-0.15, -0.1) is 0 Å². The number of carbonyl (C=O) groups excluding carboxylic acids is 1. The summed E-state index contributed by atoms with van der Waals surface area (Å²) in [6, 6.07) is 0. The van der Waals surface area contributed by atoms with Crippen LogP contribution < -0.4 is 5.73 Å². The van der Waals surface area contributed by atoms with Crippen LogP contribution >= 0.6 is 0 Å².